The van der Waals surface area contributed by atoms with E-state index in [1.807, 2.05) is 24.3 Å². The van der Waals surface area contributed by atoms with Gasteiger partial charge in [0.05, 0.1) is 10.7 Å². The molecule has 0 aromatic heterocycles. The lowest BCUT2D eigenvalue weighted by atomic mass is 10.1. The van der Waals surface area contributed by atoms with Crippen LogP contribution >= 0.6 is 11.8 Å². The van der Waals surface area contributed by atoms with E-state index in [1.54, 1.807) is 0 Å². The molecule has 1 N–H and O–H groups in total. The lowest BCUT2D eigenvalue weighted by molar-refractivity contribution is -0.384. The SMILES string of the molecule is O=C(CSC1=N[C@@H]2Nc3ccccc3[C@@H]2N=N1)c1ccc([N+](=O)[O-])cc1. The van der Waals surface area contributed by atoms with Crippen molar-refractivity contribution in [1.29, 1.82) is 0 Å². The predicted molar refractivity (Wildman–Crippen MR) is 98.8 cm³/mol. The number of carbonyl (C=O) groups is 1. The summed E-state index contributed by atoms with van der Waals surface area (Å²) >= 11 is 1.20. The molecule has 9 heteroatoms. The Hall–Kier alpha value is -3.07. The van der Waals surface area contributed by atoms with Gasteiger partial charge in [0.25, 0.3) is 5.69 Å². The number of benzene rings is 2. The first-order chi connectivity index (χ1) is 12.6. The number of non-ortho nitro benzene ring substituents is 1. The Morgan fingerprint density at radius 3 is 2.73 bits per heavy atom. The van der Waals surface area contributed by atoms with E-state index in [4.69, 9.17) is 0 Å². The number of para-hydroxylation sites is 1. The van der Waals surface area contributed by atoms with Gasteiger partial charge in [0.2, 0.25) is 5.17 Å². The van der Waals surface area contributed by atoms with Crippen molar-refractivity contribution in [3.8, 4) is 0 Å². The molecule has 0 aliphatic carbocycles. The molecule has 0 saturated carbocycles. The topological polar surface area (TPSA) is 109 Å². The Bertz CT molecular complexity index is 942. The minimum Gasteiger partial charge on any atom is -0.361 e. The zero-order valence-electron chi connectivity index (χ0n) is 13.4. The standard InChI is InChI=1S/C17H13N5O3S/c23-14(10-5-7-11(8-6-10)22(24)25)9-26-17-19-16-15(20-21-17)12-3-1-2-4-13(12)18-16/h1-8,15-16,18H,9H2/t15-,16-/m0/s1. The number of nitrogens with one attached hydrogen (secondary N) is 1. The van der Waals surface area contributed by atoms with Crippen LogP contribution in [0.25, 0.3) is 0 Å². The molecule has 0 amide bonds. The van der Waals surface area contributed by atoms with Crippen molar-refractivity contribution in [3.63, 3.8) is 0 Å². The van der Waals surface area contributed by atoms with Crippen LogP contribution in [-0.4, -0.2) is 27.8 Å². The molecule has 4 rings (SSSR count). The zero-order chi connectivity index (χ0) is 18.1. The van der Waals surface area contributed by atoms with E-state index in [0.29, 0.717) is 10.7 Å². The molecule has 0 spiro atoms. The third-order valence-corrected chi connectivity index (χ3v) is 4.98. The van der Waals surface area contributed by atoms with Gasteiger partial charge < -0.3 is 5.32 Å². The summed E-state index contributed by atoms with van der Waals surface area (Å²) < 4.78 is 0. The van der Waals surface area contributed by atoms with Gasteiger partial charge in [0, 0.05) is 28.9 Å². The maximum Gasteiger partial charge on any atom is 0.269 e. The number of hydrogen-bond acceptors (Lipinski definition) is 8. The summed E-state index contributed by atoms with van der Waals surface area (Å²) in [6.07, 6.45) is -0.207. The molecule has 0 fully saturated rings. The summed E-state index contributed by atoms with van der Waals surface area (Å²) in [4.78, 5) is 26.9. The Labute approximate surface area is 152 Å². The summed E-state index contributed by atoms with van der Waals surface area (Å²) in [5.41, 5.74) is 2.44. The van der Waals surface area contributed by atoms with Gasteiger partial charge in [-0.15, -0.1) is 5.11 Å². The summed E-state index contributed by atoms with van der Waals surface area (Å²) in [5.74, 6) is -0.00686. The Balaban J connectivity index is 1.39. The highest BCUT2D eigenvalue weighted by Crippen LogP contribution is 2.39. The van der Waals surface area contributed by atoms with Crippen LogP contribution in [0, 0.1) is 10.1 Å². The maximum atomic E-state index is 12.2. The predicted octanol–water partition coefficient (Wildman–Crippen LogP) is 3.83. The van der Waals surface area contributed by atoms with Crippen LogP contribution in [0.3, 0.4) is 0 Å². The molecule has 130 valence electrons. The Kier molecular flexibility index (Phi) is 4.21. The molecule has 0 saturated heterocycles. The van der Waals surface area contributed by atoms with Crippen LogP contribution < -0.4 is 5.32 Å². The quantitative estimate of drug-likeness (QED) is 0.502. The minimum atomic E-state index is -0.497. The maximum absolute atomic E-state index is 12.2. The van der Waals surface area contributed by atoms with E-state index >= 15 is 0 Å². The number of anilines is 1. The monoisotopic (exact) mass is 367 g/mol. The Morgan fingerprint density at radius 1 is 1.19 bits per heavy atom. The van der Waals surface area contributed by atoms with Crippen molar-refractivity contribution in [2.75, 3.05) is 11.1 Å². The van der Waals surface area contributed by atoms with Crippen LogP contribution in [0.2, 0.25) is 0 Å². The second kappa shape index (κ2) is 6.68. The van der Waals surface area contributed by atoms with Gasteiger partial charge in [0.1, 0.15) is 6.04 Å². The second-order valence-electron chi connectivity index (χ2n) is 5.76. The lowest BCUT2D eigenvalue weighted by Gasteiger charge is -2.16. The first-order valence-electron chi connectivity index (χ1n) is 7.86. The summed E-state index contributed by atoms with van der Waals surface area (Å²) in [6, 6.07) is 13.3. The van der Waals surface area contributed by atoms with Crippen LogP contribution in [0.4, 0.5) is 11.4 Å². The van der Waals surface area contributed by atoms with E-state index in [1.165, 1.54) is 36.0 Å². The number of fused-ring (bicyclic) bond motifs is 3. The molecule has 2 heterocycles. The second-order valence-corrected chi connectivity index (χ2v) is 6.71. The third-order valence-electron chi connectivity index (χ3n) is 4.13. The highest BCUT2D eigenvalue weighted by molar-refractivity contribution is 8.14. The number of hydrogen-bond donors (Lipinski definition) is 1. The van der Waals surface area contributed by atoms with Gasteiger partial charge in [-0.1, -0.05) is 30.0 Å². The number of nitro groups is 1. The largest absolute Gasteiger partial charge is 0.361 e. The number of thioether (sulfide) groups is 1. The van der Waals surface area contributed by atoms with Crippen LogP contribution in [-0.2, 0) is 0 Å². The zero-order valence-corrected chi connectivity index (χ0v) is 14.2. The van der Waals surface area contributed by atoms with Crippen molar-refractivity contribution in [1.82, 2.24) is 0 Å². The van der Waals surface area contributed by atoms with Crippen LogP contribution in [0.5, 0.6) is 0 Å². The fourth-order valence-electron chi connectivity index (χ4n) is 2.83. The molecular formula is C17H13N5O3S. The van der Waals surface area contributed by atoms with Gasteiger partial charge in [-0.25, -0.2) is 4.99 Å². The molecule has 2 aromatic rings. The van der Waals surface area contributed by atoms with Crippen molar-refractivity contribution < 1.29 is 9.72 Å². The number of carbonyl (C=O) groups excluding carboxylic acids is 1. The third kappa shape index (κ3) is 3.08. The molecule has 2 aliphatic rings. The van der Waals surface area contributed by atoms with Gasteiger partial charge in [-0.05, 0) is 18.2 Å². The van der Waals surface area contributed by atoms with Crippen LogP contribution in [0.1, 0.15) is 22.0 Å². The van der Waals surface area contributed by atoms with Crippen molar-refractivity contribution >= 4 is 34.1 Å². The number of nitro benzene ring substituents is 1. The highest BCUT2D eigenvalue weighted by Gasteiger charge is 2.34. The van der Waals surface area contributed by atoms with E-state index in [-0.39, 0.29) is 29.4 Å². The lowest BCUT2D eigenvalue weighted by Crippen LogP contribution is -2.21. The normalized spacial score (nSPS) is 19.9. The van der Waals surface area contributed by atoms with E-state index in [9.17, 15) is 14.9 Å². The van der Waals surface area contributed by atoms with Gasteiger partial charge >= 0.3 is 0 Å². The van der Waals surface area contributed by atoms with Gasteiger partial charge in [-0.2, -0.15) is 5.11 Å². The smallest absolute Gasteiger partial charge is 0.269 e. The molecule has 0 unspecified atom stereocenters. The molecule has 8 nitrogen and oxygen atoms in total. The average molecular weight is 367 g/mol. The van der Waals surface area contributed by atoms with Crippen molar-refractivity contribution in [3.05, 3.63) is 69.8 Å². The van der Waals surface area contributed by atoms with E-state index < -0.39 is 4.92 Å². The molecular weight excluding hydrogens is 354 g/mol. The summed E-state index contributed by atoms with van der Waals surface area (Å²) in [6.45, 7) is 0. The number of azo groups is 1. The number of ketones is 1. The number of aliphatic imine (C=N–C) groups is 1. The highest BCUT2D eigenvalue weighted by atomic mass is 32.2. The molecule has 0 radical (unpaired) electrons. The van der Waals surface area contributed by atoms with Crippen LogP contribution in [0.15, 0.2) is 63.8 Å². The van der Waals surface area contributed by atoms with Crippen molar-refractivity contribution in [2.45, 2.75) is 12.2 Å². The van der Waals surface area contributed by atoms with Gasteiger partial charge in [-0.3, -0.25) is 14.9 Å². The van der Waals surface area contributed by atoms with E-state index in [0.717, 1.165) is 11.3 Å². The van der Waals surface area contributed by atoms with Gasteiger partial charge in [0.15, 0.2) is 11.9 Å². The van der Waals surface area contributed by atoms with Crippen molar-refractivity contribution in [2.24, 2.45) is 15.2 Å². The summed E-state index contributed by atoms with van der Waals surface area (Å²) in [7, 11) is 0. The number of nitrogens with zero attached hydrogens (tertiary/aromatic N) is 4. The first-order valence-corrected chi connectivity index (χ1v) is 8.85. The molecule has 26 heavy (non-hydrogen) atoms. The molecule has 2 atom stereocenters. The fraction of sp³-hybridized carbons (Fsp3) is 0.176. The average Bonchev–Trinajstić information content (AvgIpc) is 3.04. The minimum absolute atomic E-state index is 0.0439. The van der Waals surface area contributed by atoms with E-state index in [2.05, 4.69) is 20.5 Å². The molecule has 2 aliphatic heterocycles. The first kappa shape index (κ1) is 16.4. The number of Topliss-reactive ketones (excluding diaryl/α,β-unsaturated/α-hetero) is 1. The molecule has 0 bridgehead atoms. The number of amidine groups is 1. The Morgan fingerprint density at radius 2 is 1.96 bits per heavy atom. The summed E-state index contributed by atoms with van der Waals surface area (Å²) in [5, 5.41) is 22.9. The molecule has 2 aromatic carbocycles. The number of rotatable bonds is 4. The fourth-order valence-corrected chi connectivity index (χ4v) is 3.55.